The molecule has 2 aromatic carbocycles. The second kappa shape index (κ2) is 9.40. The summed E-state index contributed by atoms with van der Waals surface area (Å²) in [6.45, 7) is 9.52. The van der Waals surface area contributed by atoms with E-state index in [1.54, 1.807) is 13.0 Å². The standard InChI is InChI=1S/C23H28ClFN2O2/c1-15-8-6-9-17(12-15)14-27(16(2)22(29)26-23(3,4)5)21(28)13-18-19(24)10-7-11-20(18)25/h6-12,16H,13-14H2,1-5H3,(H,26,29)/t16-/m1/s1. The van der Waals surface area contributed by atoms with Crippen LogP contribution in [0.3, 0.4) is 0 Å². The number of benzene rings is 2. The third kappa shape index (κ3) is 6.57. The average Bonchev–Trinajstić information content (AvgIpc) is 2.61. The number of amides is 2. The summed E-state index contributed by atoms with van der Waals surface area (Å²) < 4.78 is 14.2. The lowest BCUT2D eigenvalue weighted by atomic mass is 10.1. The van der Waals surface area contributed by atoms with Gasteiger partial charge < -0.3 is 10.2 Å². The molecule has 0 unspecified atom stereocenters. The van der Waals surface area contributed by atoms with Crippen molar-refractivity contribution in [3.05, 3.63) is 70.0 Å². The summed E-state index contributed by atoms with van der Waals surface area (Å²) in [7, 11) is 0. The third-order valence-corrected chi connectivity index (χ3v) is 4.84. The molecule has 2 amide bonds. The number of halogens is 2. The zero-order valence-corrected chi connectivity index (χ0v) is 18.3. The van der Waals surface area contributed by atoms with E-state index in [-0.39, 0.29) is 35.4 Å². The topological polar surface area (TPSA) is 49.4 Å². The highest BCUT2D eigenvalue weighted by Gasteiger charge is 2.29. The smallest absolute Gasteiger partial charge is 0.242 e. The normalized spacial score (nSPS) is 12.4. The van der Waals surface area contributed by atoms with Crippen LogP contribution in [-0.2, 0) is 22.6 Å². The van der Waals surface area contributed by atoms with E-state index >= 15 is 0 Å². The van der Waals surface area contributed by atoms with Gasteiger partial charge in [0, 0.05) is 22.7 Å². The van der Waals surface area contributed by atoms with Gasteiger partial charge in [-0.05, 0) is 52.3 Å². The Balaban J connectivity index is 2.32. The largest absolute Gasteiger partial charge is 0.350 e. The van der Waals surface area contributed by atoms with Crippen LogP contribution in [0.5, 0.6) is 0 Å². The number of carbonyl (C=O) groups excluding carboxylic acids is 2. The minimum atomic E-state index is -0.729. The molecular formula is C23H28ClFN2O2. The lowest BCUT2D eigenvalue weighted by Crippen LogP contribution is -2.52. The van der Waals surface area contributed by atoms with Gasteiger partial charge in [0.2, 0.25) is 11.8 Å². The maximum absolute atomic E-state index is 14.2. The van der Waals surface area contributed by atoms with E-state index in [4.69, 9.17) is 11.6 Å². The van der Waals surface area contributed by atoms with Crippen LogP contribution >= 0.6 is 11.6 Å². The SMILES string of the molecule is Cc1cccc(CN(C(=O)Cc2c(F)cccc2Cl)[C@H](C)C(=O)NC(C)(C)C)c1. The number of hydrogen-bond acceptors (Lipinski definition) is 2. The fraction of sp³-hybridized carbons (Fsp3) is 0.391. The molecule has 0 aliphatic rings. The summed E-state index contributed by atoms with van der Waals surface area (Å²) in [5.74, 6) is -1.17. The van der Waals surface area contributed by atoms with E-state index < -0.39 is 17.4 Å². The van der Waals surface area contributed by atoms with Crippen molar-refractivity contribution in [2.24, 2.45) is 0 Å². The first-order chi connectivity index (χ1) is 13.5. The van der Waals surface area contributed by atoms with Gasteiger partial charge in [0.05, 0.1) is 6.42 Å². The van der Waals surface area contributed by atoms with Crippen molar-refractivity contribution in [3.8, 4) is 0 Å². The number of aryl methyl sites for hydroxylation is 1. The fourth-order valence-corrected chi connectivity index (χ4v) is 3.25. The van der Waals surface area contributed by atoms with Crippen LogP contribution in [0.4, 0.5) is 4.39 Å². The highest BCUT2D eigenvalue weighted by molar-refractivity contribution is 6.31. The average molecular weight is 419 g/mol. The second-order valence-corrected chi connectivity index (χ2v) is 8.71. The van der Waals surface area contributed by atoms with Crippen molar-refractivity contribution in [2.45, 2.75) is 59.2 Å². The van der Waals surface area contributed by atoms with Crippen molar-refractivity contribution in [3.63, 3.8) is 0 Å². The molecule has 0 aromatic heterocycles. The number of hydrogen-bond donors (Lipinski definition) is 1. The summed E-state index contributed by atoms with van der Waals surface area (Å²) in [6, 6.07) is 11.3. The molecule has 0 fully saturated rings. The first-order valence-electron chi connectivity index (χ1n) is 9.58. The van der Waals surface area contributed by atoms with Crippen LogP contribution < -0.4 is 5.32 Å². The molecule has 2 aromatic rings. The summed E-state index contributed by atoms with van der Waals surface area (Å²) >= 11 is 6.10. The van der Waals surface area contributed by atoms with Gasteiger partial charge in [-0.25, -0.2) is 4.39 Å². The van der Waals surface area contributed by atoms with Crippen molar-refractivity contribution in [1.82, 2.24) is 10.2 Å². The van der Waals surface area contributed by atoms with Gasteiger partial charge in [-0.15, -0.1) is 0 Å². The molecule has 156 valence electrons. The van der Waals surface area contributed by atoms with Crippen LogP contribution in [-0.4, -0.2) is 28.3 Å². The Morgan fingerprint density at radius 3 is 2.41 bits per heavy atom. The van der Waals surface area contributed by atoms with Gasteiger partial charge in [-0.3, -0.25) is 9.59 Å². The first kappa shape index (κ1) is 22.9. The minimum absolute atomic E-state index is 0.136. The Labute approximate surface area is 177 Å². The molecule has 0 heterocycles. The van der Waals surface area contributed by atoms with Gasteiger partial charge >= 0.3 is 0 Å². The Bertz CT molecular complexity index is 872. The summed E-state index contributed by atoms with van der Waals surface area (Å²) in [6.07, 6.45) is -0.218. The lowest BCUT2D eigenvalue weighted by molar-refractivity contribution is -0.140. The van der Waals surface area contributed by atoms with Crippen molar-refractivity contribution < 1.29 is 14.0 Å². The second-order valence-electron chi connectivity index (χ2n) is 8.30. The zero-order valence-electron chi connectivity index (χ0n) is 17.6. The van der Waals surface area contributed by atoms with Gasteiger partial charge in [0.1, 0.15) is 11.9 Å². The number of rotatable bonds is 6. The highest BCUT2D eigenvalue weighted by Crippen LogP contribution is 2.21. The molecule has 6 heteroatoms. The van der Waals surface area contributed by atoms with E-state index in [0.717, 1.165) is 11.1 Å². The summed E-state index contributed by atoms with van der Waals surface area (Å²) in [5, 5.41) is 3.10. The van der Waals surface area contributed by atoms with E-state index in [9.17, 15) is 14.0 Å². The van der Waals surface area contributed by atoms with Gasteiger partial charge in [-0.1, -0.05) is 47.5 Å². The molecule has 4 nitrogen and oxygen atoms in total. The number of nitrogens with one attached hydrogen (secondary N) is 1. The van der Waals surface area contributed by atoms with Crippen LogP contribution in [0.1, 0.15) is 44.4 Å². The number of nitrogens with zero attached hydrogens (tertiary/aromatic N) is 1. The molecule has 0 spiro atoms. The molecular weight excluding hydrogens is 391 g/mol. The van der Waals surface area contributed by atoms with Crippen LogP contribution in [0.15, 0.2) is 42.5 Å². The number of carbonyl (C=O) groups is 2. The maximum atomic E-state index is 14.2. The molecule has 0 saturated heterocycles. The third-order valence-electron chi connectivity index (χ3n) is 4.49. The van der Waals surface area contributed by atoms with Crippen LogP contribution in [0, 0.1) is 12.7 Å². The quantitative estimate of drug-likeness (QED) is 0.741. The Morgan fingerprint density at radius 2 is 1.83 bits per heavy atom. The fourth-order valence-electron chi connectivity index (χ4n) is 3.02. The van der Waals surface area contributed by atoms with Crippen molar-refractivity contribution in [1.29, 1.82) is 0 Å². The van der Waals surface area contributed by atoms with Gasteiger partial charge in [0.15, 0.2) is 0 Å². The van der Waals surface area contributed by atoms with Gasteiger partial charge in [0.25, 0.3) is 0 Å². The first-order valence-corrected chi connectivity index (χ1v) is 9.95. The molecule has 0 aliphatic carbocycles. The predicted molar refractivity (Wildman–Crippen MR) is 114 cm³/mol. The van der Waals surface area contributed by atoms with Crippen LogP contribution in [0.2, 0.25) is 5.02 Å². The van der Waals surface area contributed by atoms with Crippen molar-refractivity contribution in [2.75, 3.05) is 0 Å². The molecule has 1 atom stereocenters. The molecule has 29 heavy (non-hydrogen) atoms. The summed E-state index contributed by atoms with van der Waals surface area (Å²) in [4.78, 5) is 27.4. The maximum Gasteiger partial charge on any atom is 0.242 e. The Hall–Kier alpha value is -2.40. The van der Waals surface area contributed by atoms with Crippen LogP contribution in [0.25, 0.3) is 0 Å². The van der Waals surface area contributed by atoms with E-state index in [1.165, 1.54) is 17.0 Å². The Morgan fingerprint density at radius 1 is 1.17 bits per heavy atom. The minimum Gasteiger partial charge on any atom is -0.350 e. The van der Waals surface area contributed by atoms with E-state index in [0.29, 0.717) is 0 Å². The van der Waals surface area contributed by atoms with Crippen molar-refractivity contribution >= 4 is 23.4 Å². The predicted octanol–water partition coefficient (Wildman–Crippen LogP) is 4.66. The Kier molecular flexibility index (Phi) is 7.42. The molecule has 0 bridgehead atoms. The summed E-state index contributed by atoms with van der Waals surface area (Å²) in [5.41, 5.74) is 1.65. The lowest BCUT2D eigenvalue weighted by Gasteiger charge is -2.31. The zero-order chi connectivity index (χ0) is 21.8. The van der Waals surface area contributed by atoms with Gasteiger partial charge in [-0.2, -0.15) is 0 Å². The molecule has 0 saturated carbocycles. The van der Waals surface area contributed by atoms with E-state index in [2.05, 4.69) is 5.32 Å². The molecule has 1 N–H and O–H groups in total. The van der Waals surface area contributed by atoms with E-state index in [1.807, 2.05) is 52.0 Å². The molecule has 0 aliphatic heterocycles. The highest BCUT2D eigenvalue weighted by atomic mass is 35.5. The molecule has 0 radical (unpaired) electrons. The molecule has 2 rings (SSSR count). The monoisotopic (exact) mass is 418 g/mol.